The number of nitrogens with one attached hydrogen (secondary N) is 1. The van der Waals surface area contributed by atoms with Crippen LogP contribution >= 0.6 is 0 Å². The summed E-state index contributed by atoms with van der Waals surface area (Å²) < 4.78 is 40.2. The van der Waals surface area contributed by atoms with Crippen molar-refractivity contribution in [1.29, 1.82) is 0 Å². The van der Waals surface area contributed by atoms with Crippen molar-refractivity contribution in [3.63, 3.8) is 0 Å². The number of amides is 1. The van der Waals surface area contributed by atoms with E-state index in [0.29, 0.717) is 13.1 Å². The predicted octanol–water partition coefficient (Wildman–Crippen LogP) is 2.86. The van der Waals surface area contributed by atoms with E-state index < -0.39 is 21.7 Å². The highest BCUT2D eigenvalue weighted by Gasteiger charge is 2.27. The summed E-state index contributed by atoms with van der Waals surface area (Å²) in [6, 6.07) is 11.6. The third-order valence-corrected chi connectivity index (χ3v) is 5.82. The van der Waals surface area contributed by atoms with Crippen molar-refractivity contribution < 1.29 is 17.6 Å². The second-order valence-corrected chi connectivity index (χ2v) is 7.51. The van der Waals surface area contributed by atoms with Gasteiger partial charge in [-0.2, -0.15) is 4.31 Å². The van der Waals surface area contributed by atoms with Crippen LogP contribution in [0.15, 0.2) is 53.4 Å². The normalized spacial score (nSPS) is 15.4. The van der Waals surface area contributed by atoms with Crippen LogP contribution < -0.4 is 5.32 Å². The van der Waals surface area contributed by atoms with Gasteiger partial charge in [-0.1, -0.05) is 18.2 Å². The minimum atomic E-state index is -3.60. The minimum Gasteiger partial charge on any atom is -0.319 e. The van der Waals surface area contributed by atoms with Crippen LogP contribution in [0.1, 0.15) is 23.2 Å². The van der Waals surface area contributed by atoms with Gasteiger partial charge in [-0.25, -0.2) is 12.8 Å². The molecule has 0 bridgehead atoms. The average Bonchev–Trinajstić information content (AvgIpc) is 3.12. The van der Waals surface area contributed by atoms with Gasteiger partial charge in [0.2, 0.25) is 10.0 Å². The Morgan fingerprint density at radius 3 is 2.46 bits per heavy atom. The Hall–Kier alpha value is -2.25. The lowest BCUT2D eigenvalue weighted by Gasteiger charge is -2.16. The van der Waals surface area contributed by atoms with Gasteiger partial charge in [0.1, 0.15) is 5.82 Å². The molecule has 1 amide bonds. The lowest BCUT2D eigenvalue weighted by atomic mass is 10.2. The van der Waals surface area contributed by atoms with Gasteiger partial charge in [0, 0.05) is 18.7 Å². The lowest BCUT2D eigenvalue weighted by molar-refractivity contribution is 0.102. The molecule has 0 aliphatic carbocycles. The van der Waals surface area contributed by atoms with Gasteiger partial charge < -0.3 is 5.32 Å². The van der Waals surface area contributed by atoms with Crippen LogP contribution in [0.4, 0.5) is 10.1 Å². The average molecular weight is 348 g/mol. The van der Waals surface area contributed by atoms with E-state index >= 15 is 0 Å². The van der Waals surface area contributed by atoms with Gasteiger partial charge in [0.05, 0.1) is 10.6 Å². The molecule has 7 heteroatoms. The fraction of sp³-hybridized carbons (Fsp3) is 0.235. The summed E-state index contributed by atoms with van der Waals surface area (Å²) in [6.45, 7) is 0.988. The number of halogens is 1. The molecule has 5 nitrogen and oxygen atoms in total. The molecule has 1 saturated heterocycles. The fourth-order valence-electron chi connectivity index (χ4n) is 2.63. The molecule has 2 aromatic carbocycles. The van der Waals surface area contributed by atoms with E-state index in [1.54, 1.807) is 6.07 Å². The summed E-state index contributed by atoms with van der Waals surface area (Å²) in [5, 5.41) is 2.45. The van der Waals surface area contributed by atoms with E-state index in [9.17, 15) is 17.6 Å². The number of sulfonamides is 1. The van der Waals surface area contributed by atoms with E-state index in [-0.39, 0.29) is 16.1 Å². The maximum absolute atomic E-state index is 13.6. The van der Waals surface area contributed by atoms with E-state index in [0.717, 1.165) is 12.8 Å². The topological polar surface area (TPSA) is 66.5 Å². The smallest absolute Gasteiger partial charge is 0.255 e. The zero-order valence-corrected chi connectivity index (χ0v) is 13.7. The van der Waals surface area contributed by atoms with Gasteiger partial charge in [0.25, 0.3) is 5.91 Å². The predicted molar refractivity (Wildman–Crippen MR) is 88.8 cm³/mol. The molecule has 0 atom stereocenters. The van der Waals surface area contributed by atoms with Crippen molar-refractivity contribution in [2.24, 2.45) is 0 Å². The van der Waals surface area contributed by atoms with Crippen molar-refractivity contribution in [2.45, 2.75) is 17.7 Å². The molecule has 1 N–H and O–H groups in total. The molecule has 3 rings (SSSR count). The van der Waals surface area contributed by atoms with Gasteiger partial charge in [-0.05, 0) is 43.2 Å². The molecule has 1 aliphatic rings. The largest absolute Gasteiger partial charge is 0.319 e. The minimum absolute atomic E-state index is 0.0512. The number of hydrogen-bond donors (Lipinski definition) is 1. The fourth-order valence-corrected chi connectivity index (χ4v) is 4.20. The maximum atomic E-state index is 13.6. The summed E-state index contributed by atoms with van der Waals surface area (Å²) in [6.07, 6.45) is 1.68. The van der Waals surface area contributed by atoms with Crippen LogP contribution in [0.2, 0.25) is 0 Å². The van der Waals surface area contributed by atoms with E-state index in [1.807, 2.05) is 0 Å². The van der Waals surface area contributed by atoms with Gasteiger partial charge >= 0.3 is 0 Å². The number of rotatable bonds is 4. The molecule has 0 aromatic heterocycles. The first-order valence-corrected chi connectivity index (χ1v) is 9.08. The molecule has 0 saturated carbocycles. The molecule has 0 radical (unpaired) electrons. The molecule has 24 heavy (non-hydrogen) atoms. The first-order chi connectivity index (χ1) is 11.5. The van der Waals surface area contributed by atoms with Crippen molar-refractivity contribution in [3.05, 3.63) is 59.9 Å². The van der Waals surface area contributed by atoms with E-state index in [1.165, 1.54) is 46.8 Å². The molecule has 1 heterocycles. The zero-order chi connectivity index (χ0) is 17.2. The highest BCUT2D eigenvalue weighted by atomic mass is 32.2. The molecule has 1 aliphatic heterocycles. The number of carbonyl (C=O) groups excluding carboxylic acids is 1. The Balaban J connectivity index is 1.85. The number of para-hydroxylation sites is 1. The number of benzene rings is 2. The molecule has 0 unspecified atom stereocenters. The van der Waals surface area contributed by atoms with Crippen molar-refractivity contribution in [1.82, 2.24) is 4.31 Å². The second kappa shape index (κ2) is 6.70. The Bertz CT molecular complexity index is 862. The molecular formula is C17H17FN2O3S. The summed E-state index contributed by atoms with van der Waals surface area (Å²) in [5.41, 5.74) is 0.217. The maximum Gasteiger partial charge on any atom is 0.255 e. The zero-order valence-electron chi connectivity index (χ0n) is 12.9. The summed E-state index contributed by atoms with van der Waals surface area (Å²) in [4.78, 5) is 12.4. The molecule has 126 valence electrons. The first-order valence-electron chi connectivity index (χ1n) is 7.64. The van der Waals surface area contributed by atoms with Crippen LogP contribution in [0, 0.1) is 5.82 Å². The quantitative estimate of drug-likeness (QED) is 0.924. The number of nitrogens with zero attached hydrogens (tertiary/aromatic N) is 1. The second-order valence-electron chi connectivity index (χ2n) is 5.57. The van der Waals surface area contributed by atoms with Crippen LogP contribution in [0.3, 0.4) is 0 Å². The molecular weight excluding hydrogens is 331 g/mol. The summed E-state index contributed by atoms with van der Waals surface area (Å²) >= 11 is 0. The van der Waals surface area contributed by atoms with Crippen molar-refractivity contribution in [2.75, 3.05) is 18.4 Å². The monoisotopic (exact) mass is 348 g/mol. The summed E-state index contributed by atoms with van der Waals surface area (Å²) in [5.74, 6) is -1.11. The third kappa shape index (κ3) is 3.32. The first kappa shape index (κ1) is 16.6. The third-order valence-electron chi connectivity index (χ3n) is 3.92. The highest BCUT2D eigenvalue weighted by molar-refractivity contribution is 7.89. The Morgan fingerprint density at radius 1 is 1.04 bits per heavy atom. The van der Waals surface area contributed by atoms with Gasteiger partial charge in [-0.3, -0.25) is 4.79 Å². The van der Waals surface area contributed by atoms with Crippen LogP contribution in [0.5, 0.6) is 0 Å². The van der Waals surface area contributed by atoms with Crippen LogP contribution in [0.25, 0.3) is 0 Å². The van der Waals surface area contributed by atoms with Crippen molar-refractivity contribution >= 4 is 21.6 Å². The lowest BCUT2D eigenvalue weighted by Crippen LogP contribution is -2.28. The number of hydrogen-bond acceptors (Lipinski definition) is 3. The highest BCUT2D eigenvalue weighted by Crippen LogP contribution is 2.22. The SMILES string of the molecule is O=C(Nc1ccccc1F)c1cccc(S(=O)(=O)N2CCCC2)c1. The summed E-state index contributed by atoms with van der Waals surface area (Å²) in [7, 11) is -3.60. The number of carbonyl (C=O) groups is 1. The van der Waals surface area contributed by atoms with Crippen LogP contribution in [-0.4, -0.2) is 31.7 Å². The van der Waals surface area contributed by atoms with E-state index in [4.69, 9.17) is 0 Å². The molecule has 1 fully saturated rings. The number of anilines is 1. The van der Waals surface area contributed by atoms with Gasteiger partial charge in [-0.15, -0.1) is 0 Å². The Morgan fingerprint density at radius 2 is 1.75 bits per heavy atom. The van der Waals surface area contributed by atoms with Crippen molar-refractivity contribution in [3.8, 4) is 0 Å². The van der Waals surface area contributed by atoms with E-state index in [2.05, 4.69) is 5.32 Å². The standard InChI is InChI=1S/C17H17FN2O3S/c18-15-8-1-2-9-16(15)19-17(21)13-6-5-7-14(12-13)24(22,23)20-10-3-4-11-20/h1-2,5-9,12H,3-4,10-11H2,(H,19,21). The van der Waals surface area contributed by atoms with Gasteiger partial charge in [0.15, 0.2) is 0 Å². The molecule has 2 aromatic rings. The Kier molecular flexibility index (Phi) is 4.64. The molecule has 0 spiro atoms. The Labute approximate surface area is 140 Å². The van der Waals surface area contributed by atoms with Crippen LogP contribution in [-0.2, 0) is 10.0 Å².